The summed E-state index contributed by atoms with van der Waals surface area (Å²) in [6, 6.07) is -0.909. The molecule has 0 fully saturated rings. The van der Waals surface area contributed by atoms with Gasteiger partial charge >= 0.3 is 0 Å². The molecule has 0 spiro atoms. The Balaban J connectivity index is 3.96. The average Bonchev–Trinajstić information content (AvgIpc) is 3.30. The van der Waals surface area contributed by atoms with Crippen LogP contribution in [0.15, 0.2) is 60.8 Å². The van der Waals surface area contributed by atoms with Crippen LogP contribution in [-0.4, -0.2) is 68.5 Å². The van der Waals surface area contributed by atoms with Crippen LogP contribution >= 0.6 is 7.82 Å². The highest BCUT2D eigenvalue weighted by atomic mass is 31.2. The summed E-state index contributed by atoms with van der Waals surface area (Å²) in [5.41, 5.74) is 0. The van der Waals surface area contributed by atoms with Crippen LogP contribution in [0.25, 0.3) is 0 Å². The van der Waals surface area contributed by atoms with Crippen LogP contribution in [0.3, 0.4) is 0 Å². The van der Waals surface area contributed by atoms with Crippen LogP contribution in [-0.2, 0) is 18.4 Å². The van der Waals surface area contributed by atoms with Gasteiger partial charge in [0.25, 0.3) is 7.82 Å². The van der Waals surface area contributed by atoms with Crippen molar-refractivity contribution < 1.29 is 32.9 Å². The number of hydrogen-bond donors (Lipinski definition) is 2. The Morgan fingerprint density at radius 2 is 0.897 bits per heavy atom. The van der Waals surface area contributed by atoms with Gasteiger partial charge in [0.1, 0.15) is 13.2 Å². The number of rotatable bonds is 52. The fraction of sp³-hybridized carbons (Fsp3) is 0.814. The van der Waals surface area contributed by atoms with E-state index in [2.05, 4.69) is 67.8 Å². The summed E-state index contributed by atoms with van der Waals surface area (Å²) >= 11 is 0. The summed E-state index contributed by atoms with van der Waals surface area (Å²) in [4.78, 5) is 25.4. The molecule has 0 bridgehead atoms. The minimum absolute atomic E-state index is 0.0101. The summed E-state index contributed by atoms with van der Waals surface area (Å²) in [6.07, 6.45) is 67.6. The first-order chi connectivity index (χ1) is 33.0. The molecule has 0 saturated heterocycles. The van der Waals surface area contributed by atoms with Gasteiger partial charge in [0.05, 0.1) is 39.9 Å². The molecule has 0 saturated carbocycles. The third-order valence-electron chi connectivity index (χ3n) is 12.7. The number of allylic oxidation sites excluding steroid dienone is 9. The minimum atomic E-state index is -4.60. The largest absolute Gasteiger partial charge is 0.756 e. The van der Waals surface area contributed by atoms with Gasteiger partial charge < -0.3 is 28.8 Å². The van der Waals surface area contributed by atoms with Gasteiger partial charge in [-0.15, -0.1) is 0 Å². The molecule has 1 amide bonds. The second kappa shape index (κ2) is 50.2. The van der Waals surface area contributed by atoms with E-state index in [0.29, 0.717) is 17.4 Å². The van der Waals surface area contributed by atoms with Crippen molar-refractivity contribution in [3.63, 3.8) is 0 Å². The Bertz CT molecular complexity index is 1290. The summed E-state index contributed by atoms with van der Waals surface area (Å²) < 4.78 is 23.2. The van der Waals surface area contributed by atoms with E-state index < -0.39 is 26.6 Å². The molecule has 398 valence electrons. The highest BCUT2D eigenvalue weighted by molar-refractivity contribution is 7.45. The van der Waals surface area contributed by atoms with Crippen molar-refractivity contribution in [2.24, 2.45) is 0 Å². The quantitative estimate of drug-likeness (QED) is 0.0272. The van der Waals surface area contributed by atoms with Crippen LogP contribution in [0.2, 0.25) is 0 Å². The first kappa shape index (κ1) is 66.2. The maximum absolute atomic E-state index is 12.9. The van der Waals surface area contributed by atoms with Crippen molar-refractivity contribution in [2.45, 2.75) is 270 Å². The van der Waals surface area contributed by atoms with E-state index in [1.165, 1.54) is 180 Å². The highest BCUT2D eigenvalue weighted by Gasteiger charge is 2.23. The van der Waals surface area contributed by atoms with E-state index in [-0.39, 0.29) is 12.5 Å². The zero-order valence-corrected chi connectivity index (χ0v) is 46.2. The lowest BCUT2D eigenvalue weighted by molar-refractivity contribution is -0.870. The number of quaternary nitrogens is 1. The number of carbonyl (C=O) groups excluding carboxylic acids is 1. The van der Waals surface area contributed by atoms with Gasteiger partial charge in [-0.05, 0) is 70.6 Å². The molecule has 0 radical (unpaired) electrons. The van der Waals surface area contributed by atoms with Gasteiger partial charge in [0.2, 0.25) is 5.91 Å². The van der Waals surface area contributed by atoms with Gasteiger partial charge in [-0.3, -0.25) is 9.36 Å². The standard InChI is InChI=1S/C59H111N2O6P/c1-6-8-10-12-14-16-18-19-20-21-22-23-24-25-26-27-28-29-30-31-32-33-34-35-36-37-38-39-40-41-43-45-47-49-51-53-59(63)60-57(56-67-68(64,65)66-55-54-61(3,4)5)58(62)52-50-48-46-44-42-17-15-13-11-9-7-2/h11,13,24-25,27-28,42,44,50,52,57-58,62H,6-10,12,14-23,26,29-41,43,45-49,51,53-56H2,1-5H3,(H-,60,63,64,65)/b13-11+,25-24-,28-27-,44-42+,52-50+. The molecule has 0 heterocycles. The van der Waals surface area contributed by atoms with E-state index in [9.17, 15) is 19.4 Å². The Labute approximate surface area is 422 Å². The molecule has 9 heteroatoms. The molecular weight excluding hydrogens is 864 g/mol. The lowest BCUT2D eigenvalue weighted by Crippen LogP contribution is -2.45. The van der Waals surface area contributed by atoms with Crippen LogP contribution in [0.4, 0.5) is 0 Å². The van der Waals surface area contributed by atoms with Crippen LogP contribution < -0.4 is 10.2 Å². The van der Waals surface area contributed by atoms with Crippen molar-refractivity contribution in [3.05, 3.63) is 60.8 Å². The van der Waals surface area contributed by atoms with Crippen LogP contribution in [0, 0.1) is 0 Å². The number of nitrogens with one attached hydrogen (secondary N) is 1. The molecule has 8 nitrogen and oxygen atoms in total. The topological polar surface area (TPSA) is 108 Å². The maximum atomic E-state index is 12.9. The van der Waals surface area contributed by atoms with Gasteiger partial charge in [-0.1, -0.05) is 242 Å². The lowest BCUT2D eigenvalue weighted by atomic mass is 10.0. The average molecular weight is 976 g/mol. The molecule has 0 aliphatic rings. The van der Waals surface area contributed by atoms with E-state index in [1.807, 2.05) is 27.2 Å². The van der Waals surface area contributed by atoms with Gasteiger partial charge in [-0.2, -0.15) is 0 Å². The SMILES string of the molecule is CCC/C=C/CC/C=C/CC/C=C/C(O)C(COP(=O)([O-])OCC[N+](C)(C)C)NC(=O)CCCCCCCCCCCCCCCCCCC/C=C\C/C=C\CCCCCCCCCCCCC. The monoisotopic (exact) mass is 975 g/mol. The molecule has 2 N–H and O–H groups in total. The van der Waals surface area contributed by atoms with Gasteiger partial charge in [0.15, 0.2) is 0 Å². The predicted octanol–water partition coefficient (Wildman–Crippen LogP) is 16.7. The number of aliphatic hydroxyl groups excluding tert-OH is 1. The Morgan fingerprint density at radius 1 is 0.515 bits per heavy atom. The number of unbranched alkanes of at least 4 members (excludes halogenated alkanes) is 31. The molecule has 3 unspecified atom stereocenters. The van der Waals surface area contributed by atoms with E-state index >= 15 is 0 Å². The number of likely N-dealkylation sites (N-methyl/N-ethyl adjacent to an activating group) is 1. The van der Waals surface area contributed by atoms with Crippen molar-refractivity contribution in [2.75, 3.05) is 40.9 Å². The molecule has 0 rings (SSSR count). The Morgan fingerprint density at radius 3 is 1.32 bits per heavy atom. The number of aliphatic hydroxyl groups is 1. The molecule has 68 heavy (non-hydrogen) atoms. The van der Waals surface area contributed by atoms with Crippen molar-refractivity contribution in [3.8, 4) is 0 Å². The number of amides is 1. The van der Waals surface area contributed by atoms with E-state index in [0.717, 1.165) is 57.8 Å². The van der Waals surface area contributed by atoms with Gasteiger partial charge in [-0.25, -0.2) is 0 Å². The predicted molar refractivity (Wildman–Crippen MR) is 293 cm³/mol. The second-order valence-corrected chi connectivity index (χ2v) is 22.0. The van der Waals surface area contributed by atoms with Crippen LogP contribution in [0.5, 0.6) is 0 Å². The molecule has 0 aromatic heterocycles. The maximum Gasteiger partial charge on any atom is 0.268 e. The zero-order chi connectivity index (χ0) is 49.9. The highest BCUT2D eigenvalue weighted by Crippen LogP contribution is 2.38. The molecule has 3 atom stereocenters. The summed E-state index contributed by atoms with van der Waals surface area (Å²) in [6.45, 7) is 4.55. The molecule has 0 aromatic carbocycles. The first-order valence-corrected chi connectivity index (χ1v) is 30.1. The third-order valence-corrected chi connectivity index (χ3v) is 13.6. The smallest absolute Gasteiger partial charge is 0.268 e. The van der Waals surface area contributed by atoms with Crippen molar-refractivity contribution in [1.29, 1.82) is 0 Å². The fourth-order valence-corrected chi connectivity index (χ4v) is 8.89. The first-order valence-electron chi connectivity index (χ1n) is 28.7. The minimum Gasteiger partial charge on any atom is -0.756 e. The van der Waals surface area contributed by atoms with Crippen molar-refractivity contribution >= 4 is 13.7 Å². The van der Waals surface area contributed by atoms with E-state index in [4.69, 9.17) is 9.05 Å². The van der Waals surface area contributed by atoms with Crippen LogP contribution in [0.1, 0.15) is 258 Å². The summed E-state index contributed by atoms with van der Waals surface area (Å²) in [7, 11) is 1.23. The molecular formula is C59H111N2O6P. The number of nitrogens with zero attached hydrogens (tertiary/aromatic N) is 1. The zero-order valence-electron chi connectivity index (χ0n) is 45.3. The number of hydrogen-bond acceptors (Lipinski definition) is 6. The number of carbonyl (C=O) groups is 1. The lowest BCUT2D eigenvalue weighted by Gasteiger charge is -2.29. The Kier molecular flexibility index (Phi) is 48.8. The third kappa shape index (κ3) is 52.0. The summed E-state index contributed by atoms with van der Waals surface area (Å²) in [5.74, 6) is -0.212. The number of phosphoric acid groups is 1. The van der Waals surface area contributed by atoms with E-state index in [1.54, 1.807) is 6.08 Å². The summed E-state index contributed by atoms with van der Waals surface area (Å²) in [5, 5.41) is 13.8. The molecule has 0 aliphatic heterocycles. The van der Waals surface area contributed by atoms with Gasteiger partial charge in [0, 0.05) is 6.42 Å². The second-order valence-electron chi connectivity index (χ2n) is 20.6. The number of phosphoric ester groups is 1. The van der Waals surface area contributed by atoms with Crippen molar-refractivity contribution in [1.82, 2.24) is 5.32 Å². The fourth-order valence-electron chi connectivity index (χ4n) is 8.17. The molecule has 0 aliphatic carbocycles. The normalized spacial score (nSPS) is 14.4. The molecule has 0 aromatic rings. The Hall–Kier alpha value is -1.80.